The molecule has 0 fully saturated rings. The van der Waals surface area contributed by atoms with E-state index in [1.54, 1.807) is 36.5 Å². The molecular weight excluding hydrogens is 257 g/mol. The molecule has 0 aliphatic heterocycles. The SMILES string of the molecule is COc1ccccc1C(=O)c1c[nH]c2cc(F)ccc12. The maximum atomic E-state index is 13.2. The van der Waals surface area contributed by atoms with Crippen molar-refractivity contribution in [2.24, 2.45) is 0 Å². The van der Waals surface area contributed by atoms with Gasteiger partial charge in [0.2, 0.25) is 0 Å². The van der Waals surface area contributed by atoms with Crippen LogP contribution in [-0.4, -0.2) is 17.9 Å². The molecule has 0 saturated heterocycles. The Morgan fingerprint density at radius 2 is 1.95 bits per heavy atom. The number of hydrogen-bond donors (Lipinski definition) is 1. The van der Waals surface area contributed by atoms with Crippen molar-refractivity contribution in [1.29, 1.82) is 0 Å². The van der Waals surface area contributed by atoms with E-state index in [0.717, 1.165) is 0 Å². The summed E-state index contributed by atoms with van der Waals surface area (Å²) in [6.45, 7) is 0. The first kappa shape index (κ1) is 12.4. The summed E-state index contributed by atoms with van der Waals surface area (Å²) in [5.41, 5.74) is 1.59. The van der Waals surface area contributed by atoms with E-state index >= 15 is 0 Å². The summed E-state index contributed by atoms with van der Waals surface area (Å²) in [5.74, 6) is 0.0323. The number of ketones is 1. The minimum atomic E-state index is -0.337. The molecular formula is C16H12FNO2. The summed E-state index contributed by atoms with van der Waals surface area (Å²) >= 11 is 0. The zero-order chi connectivity index (χ0) is 14.1. The highest BCUT2D eigenvalue weighted by molar-refractivity contribution is 6.17. The van der Waals surface area contributed by atoms with Crippen LogP contribution in [0.4, 0.5) is 4.39 Å². The fraction of sp³-hybridized carbons (Fsp3) is 0.0625. The molecule has 0 aliphatic rings. The van der Waals surface area contributed by atoms with Gasteiger partial charge in [0.1, 0.15) is 11.6 Å². The number of halogens is 1. The molecule has 3 aromatic rings. The van der Waals surface area contributed by atoms with E-state index in [4.69, 9.17) is 4.74 Å². The van der Waals surface area contributed by atoms with Crippen molar-refractivity contribution in [3.8, 4) is 5.75 Å². The Bertz CT molecular complexity index is 792. The van der Waals surface area contributed by atoms with Crippen LogP contribution in [0.5, 0.6) is 5.75 Å². The van der Waals surface area contributed by atoms with Crippen LogP contribution in [0.2, 0.25) is 0 Å². The smallest absolute Gasteiger partial charge is 0.198 e. The molecule has 0 spiro atoms. The zero-order valence-corrected chi connectivity index (χ0v) is 10.8. The average Bonchev–Trinajstić information content (AvgIpc) is 2.89. The first-order valence-corrected chi connectivity index (χ1v) is 6.15. The number of H-pyrrole nitrogens is 1. The molecule has 1 N–H and O–H groups in total. The summed E-state index contributed by atoms with van der Waals surface area (Å²) in [4.78, 5) is 15.5. The molecule has 3 nitrogen and oxygen atoms in total. The van der Waals surface area contributed by atoms with Crippen molar-refractivity contribution in [2.45, 2.75) is 0 Å². The number of carbonyl (C=O) groups is 1. The molecule has 0 bridgehead atoms. The molecule has 0 atom stereocenters. The summed E-state index contributed by atoms with van der Waals surface area (Å²) in [6.07, 6.45) is 1.60. The fourth-order valence-electron chi connectivity index (χ4n) is 2.26. The maximum Gasteiger partial charge on any atom is 0.198 e. The Hall–Kier alpha value is -2.62. The first-order chi connectivity index (χ1) is 9.70. The predicted octanol–water partition coefficient (Wildman–Crippen LogP) is 3.55. The average molecular weight is 269 g/mol. The van der Waals surface area contributed by atoms with Crippen molar-refractivity contribution in [1.82, 2.24) is 4.98 Å². The number of fused-ring (bicyclic) bond motifs is 1. The van der Waals surface area contributed by atoms with Crippen molar-refractivity contribution < 1.29 is 13.9 Å². The summed E-state index contributed by atoms with van der Waals surface area (Å²) < 4.78 is 18.4. The molecule has 20 heavy (non-hydrogen) atoms. The summed E-state index contributed by atoms with van der Waals surface area (Å²) in [7, 11) is 1.52. The molecule has 1 heterocycles. The van der Waals surface area contributed by atoms with E-state index in [9.17, 15) is 9.18 Å². The van der Waals surface area contributed by atoms with Gasteiger partial charge in [0, 0.05) is 22.7 Å². The topological polar surface area (TPSA) is 42.1 Å². The quantitative estimate of drug-likeness (QED) is 0.739. The van der Waals surface area contributed by atoms with Crippen LogP contribution >= 0.6 is 0 Å². The Morgan fingerprint density at radius 1 is 1.15 bits per heavy atom. The molecule has 4 heteroatoms. The Kier molecular flexibility index (Phi) is 2.99. The summed E-state index contributed by atoms with van der Waals surface area (Å²) in [6, 6.07) is 11.4. The van der Waals surface area contributed by atoms with E-state index in [1.807, 2.05) is 0 Å². The fourth-order valence-corrected chi connectivity index (χ4v) is 2.26. The highest BCUT2D eigenvalue weighted by atomic mass is 19.1. The number of benzene rings is 2. The lowest BCUT2D eigenvalue weighted by molar-refractivity contribution is 0.103. The number of ether oxygens (including phenoxy) is 1. The van der Waals surface area contributed by atoms with E-state index in [0.29, 0.717) is 27.8 Å². The van der Waals surface area contributed by atoms with Gasteiger partial charge in [-0.15, -0.1) is 0 Å². The van der Waals surface area contributed by atoms with Gasteiger partial charge in [0.15, 0.2) is 5.78 Å². The first-order valence-electron chi connectivity index (χ1n) is 6.15. The van der Waals surface area contributed by atoms with E-state index in [-0.39, 0.29) is 11.6 Å². The van der Waals surface area contributed by atoms with Gasteiger partial charge in [0.25, 0.3) is 0 Å². The second-order valence-corrected chi connectivity index (χ2v) is 4.42. The second-order valence-electron chi connectivity index (χ2n) is 4.42. The van der Waals surface area contributed by atoms with Crippen molar-refractivity contribution in [2.75, 3.05) is 7.11 Å². The lowest BCUT2D eigenvalue weighted by Crippen LogP contribution is -2.03. The molecule has 0 amide bonds. The molecule has 3 rings (SSSR count). The normalized spacial score (nSPS) is 10.7. The Morgan fingerprint density at radius 3 is 2.75 bits per heavy atom. The van der Waals surface area contributed by atoms with Crippen molar-refractivity contribution in [3.05, 3.63) is 65.6 Å². The number of para-hydroxylation sites is 1. The molecule has 0 saturated carbocycles. The molecule has 0 unspecified atom stereocenters. The van der Waals surface area contributed by atoms with Crippen LogP contribution < -0.4 is 4.74 Å². The number of rotatable bonds is 3. The number of nitrogens with one attached hydrogen (secondary N) is 1. The zero-order valence-electron chi connectivity index (χ0n) is 10.8. The minimum Gasteiger partial charge on any atom is -0.496 e. The third-order valence-electron chi connectivity index (χ3n) is 3.24. The molecule has 0 radical (unpaired) electrons. The van der Waals surface area contributed by atoms with Crippen molar-refractivity contribution >= 4 is 16.7 Å². The van der Waals surface area contributed by atoms with Gasteiger partial charge in [-0.05, 0) is 30.3 Å². The van der Waals surface area contributed by atoms with Crippen molar-refractivity contribution in [3.63, 3.8) is 0 Å². The van der Waals surface area contributed by atoms with E-state index < -0.39 is 0 Å². The molecule has 100 valence electrons. The minimum absolute atomic E-state index is 0.152. The number of methoxy groups -OCH3 is 1. The van der Waals surface area contributed by atoms with Gasteiger partial charge < -0.3 is 9.72 Å². The second kappa shape index (κ2) is 4.81. The number of hydrogen-bond acceptors (Lipinski definition) is 2. The lowest BCUT2D eigenvalue weighted by atomic mass is 10.0. The predicted molar refractivity (Wildman–Crippen MR) is 74.7 cm³/mol. The highest BCUT2D eigenvalue weighted by Gasteiger charge is 2.17. The van der Waals surface area contributed by atoms with Gasteiger partial charge in [-0.2, -0.15) is 0 Å². The van der Waals surface area contributed by atoms with Crippen LogP contribution in [0.25, 0.3) is 10.9 Å². The number of carbonyl (C=O) groups excluding carboxylic acids is 1. The lowest BCUT2D eigenvalue weighted by Gasteiger charge is -2.06. The standard InChI is InChI=1S/C16H12FNO2/c1-20-15-5-3-2-4-12(15)16(19)13-9-18-14-8-10(17)6-7-11(13)14/h2-9,18H,1H3. The number of aromatic nitrogens is 1. The third kappa shape index (κ3) is 1.95. The van der Waals surface area contributed by atoms with Gasteiger partial charge in [-0.1, -0.05) is 12.1 Å². The molecule has 1 aromatic heterocycles. The summed E-state index contributed by atoms with van der Waals surface area (Å²) in [5, 5.41) is 0.697. The van der Waals surface area contributed by atoms with E-state index in [1.165, 1.54) is 19.2 Å². The van der Waals surface area contributed by atoms with Crippen LogP contribution in [0, 0.1) is 5.82 Å². The Balaban J connectivity index is 2.13. The van der Waals surface area contributed by atoms with Crippen LogP contribution in [0.1, 0.15) is 15.9 Å². The van der Waals surface area contributed by atoms with Gasteiger partial charge in [-0.3, -0.25) is 4.79 Å². The van der Waals surface area contributed by atoms with Gasteiger partial charge in [-0.25, -0.2) is 4.39 Å². The van der Waals surface area contributed by atoms with Crippen LogP contribution in [0.3, 0.4) is 0 Å². The highest BCUT2D eigenvalue weighted by Crippen LogP contribution is 2.26. The molecule has 2 aromatic carbocycles. The van der Waals surface area contributed by atoms with E-state index in [2.05, 4.69) is 4.98 Å². The largest absolute Gasteiger partial charge is 0.496 e. The Labute approximate surface area is 115 Å². The molecule has 0 aliphatic carbocycles. The third-order valence-corrected chi connectivity index (χ3v) is 3.24. The van der Waals surface area contributed by atoms with Crippen LogP contribution in [0.15, 0.2) is 48.7 Å². The van der Waals surface area contributed by atoms with Gasteiger partial charge in [0.05, 0.1) is 12.7 Å². The van der Waals surface area contributed by atoms with Crippen LogP contribution in [-0.2, 0) is 0 Å². The maximum absolute atomic E-state index is 13.2. The number of aromatic amines is 1. The van der Waals surface area contributed by atoms with Gasteiger partial charge >= 0.3 is 0 Å². The monoisotopic (exact) mass is 269 g/mol.